The monoisotopic (exact) mass is 214 g/mol. The van der Waals surface area contributed by atoms with Gasteiger partial charge in [0.05, 0.1) is 6.10 Å². The van der Waals surface area contributed by atoms with Crippen LogP contribution in [0.4, 0.5) is 0 Å². The summed E-state index contributed by atoms with van der Waals surface area (Å²) in [4.78, 5) is 0. The zero-order valence-electron chi connectivity index (χ0n) is 8.13. The van der Waals surface area contributed by atoms with Gasteiger partial charge in [0.1, 0.15) is 0 Å². The van der Waals surface area contributed by atoms with E-state index in [0.717, 1.165) is 24.4 Å². The summed E-state index contributed by atoms with van der Waals surface area (Å²) >= 11 is 1.58. The van der Waals surface area contributed by atoms with Crippen LogP contribution in [0.1, 0.15) is 25.7 Å². The van der Waals surface area contributed by atoms with Crippen LogP contribution in [0.3, 0.4) is 0 Å². The van der Waals surface area contributed by atoms with Crippen molar-refractivity contribution in [3.8, 4) is 0 Å². The molecule has 0 saturated heterocycles. The standard InChI is InChI=1S/C8H14N4OS/c1-12-8(9-10-11-12)14-7-5-3-2-4-6(7)13/h6-7,13H,2-5H2,1H3/t6-,7-/m0/s1. The highest BCUT2D eigenvalue weighted by atomic mass is 32.2. The first-order valence-corrected chi connectivity index (χ1v) is 5.72. The number of aryl methyl sites for hydroxylation is 1. The Balaban J connectivity index is 1.99. The fraction of sp³-hybridized carbons (Fsp3) is 0.875. The smallest absolute Gasteiger partial charge is 0.209 e. The zero-order valence-corrected chi connectivity index (χ0v) is 8.94. The summed E-state index contributed by atoms with van der Waals surface area (Å²) in [6.07, 6.45) is 4.09. The predicted molar refractivity (Wildman–Crippen MR) is 52.9 cm³/mol. The molecule has 1 heterocycles. The summed E-state index contributed by atoms with van der Waals surface area (Å²) < 4.78 is 1.64. The number of nitrogens with zero attached hydrogens (tertiary/aromatic N) is 4. The van der Waals surface area contributed by atoms with Crippen molar-refractivity contribution in [2.45, 2.75) is 42.2 Å². The van der Waals surface area contributed by atoms with E-state index in [2.05, 4.69) is 15.5 Å². The third-order valence-corrected chi connectivity index (χ3v) is 3.92. The Morgan fingerprint density at radius 2 is 2.21 bits per heavy atom. The molecule has 78 valence electrons. The summed E-state index contributed by atoms with van der Waals surface area (Å²) in [5.41, 5.74) is 0. The van der Waals surface area contributed by atoms with Crippen molar-refractivity contribution in [3.63, 3.8) is 0 Å². The molecule has 1 saturated carbocycles. The van der Waals surface area contributed by atoms with Crippen LogP contribution in [0.25, 0.3) is 0 Å². The number of aliphatic hydroxyl groups is 1. The Morgan fingerprint density at radius 3 is 2.86 bits per heavy atom. The van der Waals surface area contributed by atoms with E-state index in [1.165, 1.54) is 6.42 Å². The van der Waals surface area contributed by atoms with Crippen molar-refractivity contribution in [2.75, 3.05) is 0 Å². The molecule has 1 aromatic rings. The number of tetrazole rings is 1. The van der Waals surface area contributed by atoms with E-state index in [0.29, 0.717) is 0 Å². The van der Waals surface area contributed by atoms with Gasteiger partial charge in [-0.05, 0) is 23.3 Å². The van der Waals surface area contributed by atoms with Gasteiger partial charge < -0.3 is 5.11 Å². The predicted octanol–water partition coefficient (Wildman–Crippen LogP) is 0.606. The third kappa shape index (κ3) is 2.06. The molecule has 0 spiro atoms. The molecule has 14 heavy (non-hydrogen) atoms. The quantitative estimate of drug-likeness (QED) is 0.781. The fourth-order valence-electron chi connectivity index (χ4n) is 1.67. The van der Waals surface area contributed by atoms with Gasteiger partial charge in [0, 0.05) is 12.3 Å². The Hall–Kier alpha value is -0.620. The second-order valence-electron chi connectivity index (χ2n) is 3.59. The molecular formula is C8H14N4OS. The highest BCUT2D eigenvalue weighted by molar-refractivity contribution is 7.99. The minimum Gasteiger partial charge on any atom is -0.392 e. The fourth-order valence-corrected chi connectivity index (χ4v) is 2.79. The molecule has 0 aromatic carbocycles. The zero-order chi connectivity index (χ0) is 9.97. The molecule has 0 aliphatic heterocycles. The van der Waals surface area contributed by atoms with Gasteiger partial charge >= 0.3 is 0 Å². The van der Waals surface area contributed by atoms with Crippen LogP contribution in [0.5, 0.6) is 0 Å². The SMILES string of the molecule is Cn1nnnc1S[C@H]1CCCC[C@@H]1O. The van der Waals surface area contributed by atoms with Gasteiger partial charge in [-0.15, -0.1) is 5.10 Å². The van der Waals surface area contributed by atoms with Crippen LogP contribution >= 0.6 is 11.8 Å². The first kappa shape index (κ1) is 9.92. The Morgan fingerprint density at radius 1 is 1.43 bits per heavy atom. The molecule has 1 aromatic heterocycles. The summed E-state index contributed by atoms with van der Waals surface area (Å²) in [7, 11) is 1.82. The normalized spacial score (nSPS) is 27.9. The molecule has 1 aliphatic rings. The molecule has 2 rings (SSSR count). The molecule has 1 N–H and O–H groups in total. The number of aromatic nitrogens is 4. The average molecular weight is 214 g/mol. The van der Waals surface area contributed by atoms with Gasteiger partial charge in [-0.2, -0.15) is 0 Å². The highest BCUT2D eigenvalue weighted by Gasteiger charge is 2.25. The largest absolute Gasteiger partial charge is 0.392 e. The molecule has 1 fully saturated rings. The molecule has 5 nitrogen and oxygen atoms in total. The Bertz CT molecular complexity index is 303. The minimum absolute atomic E-state index is 0.203. The van der Waals surface area contributed by atoms with Gasteiger partial charge in [0.2, 0.25) is 5.16 Å². The van der Waals surface area contributed by atoms with Crippen LogP contribution in [0, 0.1) is 0 Å². The lowest BCUT2D eigenvalue weighted by atomic mass is 9.97. The van der Waals surface area contributed by atoms with Gasteiger partial charge in [-0.25, -0.2) is 4.68 Å². The van der Waals surface area contributed by atoms with Crippen molar-refractivity contribution >= 4 is 11.8 Å². The highest BCUT2D eigenvalue weighted by Crippen LogP contribution is 2.32. The number of aliphatic hydroxyl groups excluding tert-OH is 1. The molecule has 0 unspecified atom stereocenters. The van der Waals surface area contributed by atoms with Gasteiger partial charge in [-0.3, -0.25) is 0 Å². The lowest BCUT2D eigenvalue weighted by Gasteiger charge is -2.25. The summed E-state index contributed by atoms with van der Waals surface area (Å²) in [5, 5.41) is 22.0. The van der Waals surface area contributed by atoms with E-state index < -0.39 is 0 Å². The molecule has 6 heteroatoms. The minimum atomic E-state index is -0.203. The van der Waals surface area contributed by atoms with Gasteiger partial charge in [-0.1, -0.05) is 24.6 Å². The number of thioether (sulfide) groups is 1. The molecule has 0 radical (unpaired) electrons. The summed E-state index contributed by atoms with van der Waals surface area (Å²) in [6.45, 7) is 0. The first-order chi connectivity index (χ1) is 6.77. The van der Waals surface area contributed by atoms with E-state index in [1.807, 2.05) is 7.05 Å². The van der Waals surface area contributed by atoms with Crippen molar-refractivity contribution < 1.29 is 5.11 Å². The molecular weight excluding hydrogens is 200 g/mol. The molecule has 0 amide bonds. The average Bonchev–Trinajstić information content (AvgIpc) is 2.56. The third-order valence-electron chi connectivity index (χ3n) is 2.51. The van der Waals surface area contributed by atoms with Crippen LogP contribution in [-0.4, -0.2) is 36.7 Å². The van der Waals surface area contributed by atoms with Crippen molar-refractivity contribution in [1.82, 2.24) is 20.2 Å². The van der Waals surface area contributed by atoms with E-state index in [4.69, 9.17) is 0 Å². The molecule has 0 bridgehead atoms. The van der Waals surface area contributed by atoms with Crippen molar-refractivity contribution in [1.29, 1.82) is 0 Å². The number of rotatable bonds is 2. The first-order valence-electron chi connectivity index (χ1n) is 4.84. The topological polar surface area (TPSA) is 63.8 Å². The van der Waals surface area contributed by atoms with Crippen LogP contribution < -0.4 is 0 Å². The van der Waals surface area contributed by atoms with E-state index in [-0.39, 0.29) is 11.4 Å². The van der Waals surface area contributed by atoms with Crippen LogP contribution in [0.15, 0.2) is 5.16 Å². The van der Waals surface area contributed by atoms with Crippen molar-refractivity contribution in [2.24, 2.45) is 7.05 Å². The van der Waals surface area contributed by atoms with Gasteiger partial charge in [0.25, 0.3) is 0 Å². The summed E-state index contributed by atoms with van der Waals surface area (Å²) in [5.74, 6) is 0. The van der Waals surface area contributed by atoms with Crippen LogP contribution in [-0.2, 0) is 7.05 Å². The maximum atomic E-state index is 9.76. The number of hydrogen-bond acceptors (Lipinski definition) is 5. The lowest BCUT2D eigenvalue weighted by Crippen LogP contribution is -2.27. The molecule has 2 atom stereocenters. The second-order valence-corrected chi connectivity index (χ2v) is 4.80. The Labute approximate surface area is 86.9 Å². The van der Waals surface area contributed by atoms with Gasteiger partial charge in [0.15, 0.2) is 0 Å². The van der Waals surface area contributed by atoms with Crippen LogP contribution in [0.2, 0.25) is 0 Å². The van der Waals surface area contributed by atoms with E-state index in [9.17, 15) is 5.11 Å². The summed E-state index contributed by atoms with van der Waals surface area (Å²) in [6, 6.07) is 0. The number of hydrogen-bond donors (Lipinski definition) is 1. The van der Waals surface area contributed by atoms with E-state index >= 15 is 0 Å². The van der Waals surface area contributed by atoms with E-state index in [1.54, 1.807) is 16.4 Å². The second kappa shape index (κ2) is 4.27. The maximum Gasteiger partial charge on any atom is 0.209 e. The lowest BCUT2D eigenvalue weighted by molar-refractivity contribution is 0.137. The maximum absolute atomic E-state index is 9.76. The Kier molecular flexibility index (Phi) is 3.02. The van der Waals surface area contributed by atoms with Crippen molar-refractivity contribution in [3.05, 3.63) is 0 Å². The molecule has 1 aliphatic carbocycles.